The summed E-state index contributed by atoms with van der Waals surface area (Å²) in [5.74, 6) is 1.45. The highest BCUT2D eigenvalue weighted by molar-refractivity contribution is 5.77. The number of ether oxygens (including phenoxy) is 1. The molecule has 0 aliphatic carbocycles. The third-order valence-corrected chi connectivity index (χ3v) is 7.89. The maximum absolute atomic E-state index is 13.6. The predicted octanol–water partition coefficient (Wildman–Crippen LogP) is 4.39. The van der Waals surface area contributed by atoms with E-state index in [-0.39, 0.29) is 24.1 Å². The molecule has 4 aromatic rings. The van der Waals surface area contributed by atoms with Crippen LogP contribution in [0.4, 0.5) is 14.6 Å². The van der Waals surface area contributed by atoms with E-state index in [1.807, 2.05) is 4.90 Å². The second kappa shape index (κ2) is 12.7. The highest BCUT2D eigenvalue weighted by Crippen LogP contribution is 2.24. The lowest BCUT2D eigenvalue weighted by Crippen LogP contribution is -2.50. The van der Waals surface area contributed by atoms with Gasteiger partial charge in [0.25, 0.3) is 0 Å². The molecule has 1 atom stereocenters. The molecule has 4 heterocycles. The van der Waals surface area contributed by atoms with Crippen LogP contribution in [0.2, 0.25) is 0 Å². The number of carbonyl (C=O) groups is 1. The van der Waals surface area contributed by atoms with Crippen molar-refractivity contribution in [1.29, 1.82) is 0 Å². The zero-order valence-corrected chi connectivity index (χ0v) is 23.3. The molecule has 2 aromatic carbocycles. The van der Waals surface area contributed by atoms with E-state index in [1.54, 1.807) is 30.6 Å². The molecular formula is C31H33F2N7O2. The van der Waals surface area contributed by atoms with E-state index >= 15 is 0 Å². The molecule has 2 aromatic heterocycles. The molecule has 2 fully saturated rings. The zero-order chi connectivity index (χ0) is 28.9. The maximum atomic E-state index is 13.6. The molecule has 11 heteroatoms. The van der Waals surface area contributed by atoms with Gasteiger partial charge in [-0.15, -0.1) is 5.10 Å². The van der Waals surface area contributed by atoms with Crippen LogP contribution in [0.5, 0.6) is 0 Å². The van der Waals surface area contributed by atoms with Crippen LogP contribution >= 0.6 is 0 Å². The Morgan fingerprint density at radius 2 is 1.64 bits per heavy atom. The summed E-state index contributed by atoms with van der Waals surface area (Å²) in [7, 11) is 0. The molecule has 0 saturated carbocycles. The molecule has 218 valence electrons. The highest BCUT2D eigenvalue weighted by Gasteiger charge is 2.25. The van der Waals surface area contributed by atoms with Gasteiger partial charge in [0.2, 0.25) is 5.91 Å². The molecular weight excluding hydrogens is 540 g/mol. The van der Waals surface area contributed by atoms with Crippen LogP contribution in [0, 0.1) is 17.6 Å². The van der Waals surface area contributed by atoms with Crippen molar-refractivity contribution in [3.63, 3.8) is 0 Å². The van der Waals surface area contributed by atoms with Crippen LogP contribution < -0.4 is 4.90 Å². The Morgan fingerprint density at radius 1 is 0.929 bits per heavy atom. The van der Waals surface area contributed by atoms with E-state index in [1.165, 1.54) is 35.4 Å². The lowest BCUT2D eigenvalue weighted by atomic mass is 9.96. The SMILES string of the molecule is O=C(Cn1nc(-c2ccc(F)cc2)nc1-c1ccc(F)cc1)N1CCN(c2cc(CCC3CCCOC3)ncn2)CC1. The Labute approximate surface area is 243 Å². The Bertz CT molecular complexity index is 1500. The number of carbonyl (C=O) groups excluding carboxylic acids is 1. The summed E-state index contributed by atoms with van der Waals surface area (Å²) in [4.78, 5) is 31.0. The van der Waals surface area contributed by atoms with Crippen molar-refractivity contribution in [3.05, 3.63) is 78.3 Å². The molecule has 0 radical (unpaired) electrons. The number of anilines is 1. The Kier molecular flexibility index (Phi) is 8.45. The molecule has 6 rings (SSSR count). The fourth-order valence-corrected chi connectivity index (χ4v) is 5.48. The number of aromatic nitrogens is 5. The molecule has 2 aliphatic rings. The minimum Gasteiger partial charge on any atom is -0.381 e. The smallest absolute Gasteiger partial charge is 0.244 e. The minimum absolute atomic E-state index is 0.0244. The average Bonchev–Trinajstić information content (AvgIpc) is 3.45. The molecule has 1 amide bonds. The van der Waals surface area contributed by atoms with Gasteiger partial charge in [-0.25, -0.2) is 28.4 Å². The van der Waals surface area contributed by atoms with E-state index in [4.69, 9.17) is 4.74 Å². The number of nitrogens with zero attached hydrogens (tertiary/aromatic N) is 7. The second-order valence-electron chi connectivity index (χ2n) is 10.8. The summed E-state index contributed by atoms with van der Waals surface area (Å²) in [6.45, 7) is 4.08. The van der Waals surface area contributed by atoms with Gasteiger partial charge in [0.15, 0.2) is 11.6 Å². The van der Waals surface area contributed by atoms with Crippen LogP contribution in [0.1, 0.15) is 25.0 Å². The number of piperazine rings is 1. The molecule has 0 spiro atoms. The first-order valence-corrected chi connectivity index (χ1v) is 14.4. The normalized spacial score (nSPS) is 17.4. The van der Waals surface area contributed by atoms with Crippen molar-refractivity contribution >= 4 is 11.7 Å². The fraction of sp³-hybridized carbons (Fsp3) is 0.387. The number of amides is 1. The van der Waals surface area contributed by atoms with Crippen molar-refractivity contribution in [3.8, 4) is 22.8 Å². The number of hydrogen-bond acceptors (Lipinski definition) is 7. The van der Waals surface area contributed by atoms with Crippen molar-refractivity contribution < 1.29 is 18.3 Å². The summed E-state index contributed by atoms with van der Waals surface area (Å²) in [5, 5.41) is 4.57. The summed E-state index contributed by atoms with van der Waals surface area (Å²) in [6.07, 6.45) is 5.92. The van der Waals surface area contributed by atoms with Crippen LogP contribution in [0.15, 0.2) is 60.9 Å². The van der Waals surface area contributed by atoms with Gasteiger partial charge in [0.05, 0.1) is 0 Å². The van der Waals surface area contributed by atoms with Gasteiger partial charge in [-0.2, -0.15) is 0 Å². The van der Waals surface area contributed by atoms with Gasteiger partial charge in [-0.3, -0.25) is 4.79 Å². The van der Waals surface area contributed by atoms with Crippen molar-refractivity contribution in [1.82, 2.24) is 29.6 Å². The van der Waals surface area contributed by atoms with Crippen molar-refractivity contribution in [2.45, 2.75) is 32.2 Å². The summed E-state index contributed by atoms with van der Waals surface area (Å²) >= 11 is 0. The lowest BCUT2D eigenvalue weighted by molar-refractivity contribution is -0.132. The predicted molar refractivity (Wildman–Crippen MR) is 153 cm³/mol. The lowest BCUT2D eigenvalue weighted by Gasteiger charge is -2.35. The van der Waals surface area contributed by atoms with Crippen molar-refractivity contribution in [2.75, 3.05) is 44.3 Å². The third kappa shape index (κ3) is 6.62. The first kappa shape index (κ1) is 27.9. The maximum Gasteiger partial charge on any atom is 0.244 e. The molecule has 42 heavy (non-hydrogen) atoms. The molecule has 2 saturated heterocycles. The summed E-state index contributed by atoms with van der Waals surface area (Å²) in [5.41, 5.74) is 2.28. The largest absolute Gasteiger partial charge is 0.381 e. The standard InChI is InChI=1S/C31H33F2N7O2/c32-25-8-4-23(5-9-25)30-36-31(24-6-10-26(33)11-7-24)40(37-30)19-29(41)39-15-13-38(14-16-39)28-18-27(34-21-35-28)12-3-22-2-1-17-42-20-22/h4-11,18,21-22H,1-3,12-17,19-20H2. The van der Waals surface area contributed by atoms with Gasteiger partial charge in [0.1, 0.15) is 30.3 Å². The van der Waals surface area contributed by atoms with Gasteiger partial charge < -0.3 is 14.5 Å². The van der Waals surface area contributed by atoms with E-state index < -0.39 is 0 Å². The van der Waals surface area contributed by atoms with E-state index in [2.05, 4.69) is 31.0 Å². The number of benzene rings is 2. The molecule has 0 N–H and O–H groups in total. The van der Waals surface area contributed by atoms with Gasteiger partial charge in [-0.05, 0) is 80.1 Å². The zero-order valence-electron chi connectivity index (χ0n) is 23.3. The number of rotatable bonds is 8. The fourth-order valence-electron chi connectivity index (χ4n) is 5.48. The molecule has 2 aliphatic heterocycles. The van der Waals surface area contributed by atoms with E-state index in [0.717, 1.165) is 44.0 Å². The van der Waals surface area contributed by atoms with Crippen molar-refractivity contribution in [2.24, 2.45) is 5.92 Å². The number of hydrogen-bond donors (Lipinski definition) is 0. The molecule has 0 bridgehead atoms. The van der Waals surface area contributed by atoms with Crippen LogP contribution in [0.3, 0.4) is 0 Å². The van der Waals surface area contributed by atoms with Gasteiger partial charge in [0, 0.05) is 62.3 Å². The highest BCUT2D eigenvalue weighted by atomic mass is 19.1. The molecule has 9 nitrogen and oxygen atoms in total. The summed E-state index contributed by atoms with van der Waals surface area (Å²) < 4.78 is 34.2. The summed E-state index contributed by atoms with van der Waals surface area (Å²) in [6, 6.07) is 13.8. The van der Waals surface area contributed by atoms with E-state index in [9.17, 15) is 13.6 Å². The van der Waals surface area contributed by atoms with Crippen LogP contribution in [-0.2, 0) is 22.5 Å². The first-order chi connectivity index (χ1) is 20.5. The quantitative estimate of drug-likeness (QED) is 0.309. The van der Waals surface area contributed by atoms with Crippen LogP contribution in [0.25, 0.3) is 22.8 Å². The monoisotopic (exact) mass is 573 g/mol. The first-order valence-electron chi connectivity index (χ1n) is 14.4. The third-order valence-electron chi connectivity index (χ3n) is 7.89. The van der Waals surface area contributed by atoms with Gasteiger partial charge >= 0.3 is 0 Å². The van der Waals surface area contributed by atoms with Crippen LogP contribution in [-0.4, -0.2) is 74.9 Å². The Hall–Kier alpha value is -4.25. The van der Waals surface area contributed by atoms with Gasteiger partial charge in [-0.1, -0.05) is 0 Å². The second-order valence-corrected chi connectivity index (χ2v) is 10.8. The average molecular weight is 574 g/mol. The number of aryl methyl sites for hydroxylation is 1. The Balaban J connectivity index is 1.11. The minimum atomic E-state index is -0.368. The topological polar surface area (TPSA) is 89.3 Å². The van der Waals surface area contributed by atoms with E-state index in [0.29, 0.717) is 54.9 Å². The Morgan fingerprint density at radius 3 is 2.33 bits per heavy atom. The molecule has 1 unspecified atom stereocenters. The number of halogens is 2.